The average molecular weight is 651 g/mol. The molecular formula is C35H70O10. The van der Waals surface area contributed by atoms with Crippen LogP contribution >= 0.6 is 0 Å². The molecule has 0 spiro atoms. The monoisotopic (exact) mass is 650 g/mol. The quantitative estimate of drug-likeness (QED) is 0.0614. The highest BCUT2D eigenvalue weighted by Gasteiger charge is 2.34. The first kappa shape index (κ1) is 44.1. The molecule has 0 aliphatic heterocycles. The lowest BCUT2D eigenvalue weighted by atomic mass is 10.0. The van der Waals surface area contributed by atoms with Gasteiger partial charge in [-0.2, -0.15) is 0 Å². The Morgan fingerprint density at radius 2 is 1.04 bits per heavy atom. The fourth-order valence-corrected chi connectivity index (χ4v) is 5.06. The molecule has 10 heteroatoms. The second-order valence-corrected chi connectivity index (χ2v) is 11.8. The molecule has 0 bridgehead atoms. The molecule has 0 amide bonds. The number of methoxy groups -OCH3 is 3. The van der Waals surface area contributed by atoms with E-state index >= 15 is 0 Å². The normalized spacial score (nSPS) is 14.4. The number of esters is 1. The summed E-state index contributed by atoms with van der Waals surface area (Å²) >= 11 is 0. The van der Waals surface area contributed by atoms with Crippen molar-refractivity contribution in [2.24, 2.45) is 0 Å². The zero-order chi connectivity index (χ0) is 33.2. The average Bonchev–Trinajstić information content (AvgIpc) is 3.03. The number of rotatable bonds is 36. The minimum absolute atomic E-state index is 0.0937. The summed E-state index contributed by atoms with van der Waals surface area (Å²) in [7, 11) is 4.78. The van der Waals surface area contributed by atoms with Crippen LogP contribution in [0.4, 0.5) is 0 Å². The summed E-state index contributed by atoms with van der Waals surface area (Å²) in [6, 6.07) is 0. The maximum absolute atomic E-state index is 12.1. The van der Waals surface area contributed by atoms with Gasteiger partial charge >= 0.3 is 5.97 Å². The summed E-state index contributed by atoms with van der Waals surface area (Å²) < 4.78 is 43.9. The van der Waals surface area contributed by atoms with Gasteiger partial charge in [0.2, 0.25) is 0 Å². The van der Waals surface area contributed by atoms with E-state index in [1.165, 1.54) is 83.5 Å². The van der Waals surface area contributed by atoms with Gasteiger partial charge in [-0.25, -0.2) is 0 Å². The fourth-order valence-electron chi connectivity index (χ4n) is 5.06. The maximum Gasteiger partial charge on any atom is 0.305 e. The molecule has 4 unspecified atom stereocenters. The van der Waals surface area contributed by atoms with Gasteiger partial charge in [0.25, 0.3) is 0 Å². The molecule has 0 aliphatic carbocycles. The molecule has 45 heavy (non-hydrogen) atoms. The first-order valence-electron chi connectivity index (χ1n) is 17.7. The van der Waals surface area contributed by atoms with Gasteiger partial charge in [0, 0.05) is 27.8 Å². The molecule has 0 aromatic heterocycles. The highest BCUT2D eigenvalue weighted by molar-refractivity contribution is 5.69. The minimum Gasteiger partial charge on any atom is -0.463 e. The van der Waals surface area contributed by atoms with Crippen LogP contribution in [0.5, 0.6) is 0 Å². The Morgan fingerprint density at radius 1 is 0.578 bits per heavy atom. The SMILES string of the molecule is CCCCCCCCCCCCCCCCCC(=O)OCCOCC(OCCOC)C(O)C(OCCOC)C(C)OCCOC. The molecule has 0 saturated heterocycles. The zero-order valence-corrected chi connectivity index (χ0v) is 29.6. The van der Waals surface area contributed by atoms with Crippen molar-refractivity contribution in [1.82, 2.24) is 0 Å². The highest BCUT2D eigenvalue weighted by Crippen LogP contribution is 2.16. The Labute approximate surface area is 275 Å². The zero-order valence-electron chi connectivity index (χ0n) is 29.6. The van der Waals surface area contributed by atoms with Gasteiger partial charge in [-0.15, -0.1) is 0 Å². The van der Waals surface area contributed by atoms with Crippen molar-refractivity contribution >= 4 is 5.97 Å². The Balaban J connectivity index is 4.17. The molecule has 0 aliphatic rings. The first-order valence-corrected chi connectivity index (χ1v) is 17.7. The van der Waals surface area contributed by atoms with Crippen molar-refractivity contribution in [2.75, 3.05) is 80.8 Å². The van der Waals surface area contributed by atoms with E-state index in [-0.39, 0.29) is 39.0 Å². The third kappa shape index (κ3) is 27.9. The van der Waals surface area contributed by atoms with Crippen LogP contribution in [0.3, 0.4) is 0 Å². The summed E-state index contributed by atoms with van der Waals surface area (Å²) in [6.07, 6.45) is 17.0. The van der Waals surface area contributed by atoms with Crippen LogP contribution in [0.2, 0.25) is 0 Å². The molecular weight excluding hydrogens is 580 g/mol. The van der Waals surface area contributed by atoms with E-state index in [1.54, 1.807) is 21.3 Å². The molecule has 0 aromatic rings. The number of carbonyl (C=O) groups is 1. The molecule has 0 heterocycles. The third-order valence-corrected chi connectivity index (χ3v) is 7.82. The summed E-state index contributed by atoms with van der Waals surface area (Å²) in [5.41, 5.74) is 0. The maximum atomic E-state index is 12.1. The van der Waals surface area contributed by atoms with Crippen molar-refractivity contribution in [1.29, 1.82) is 0 Å². The number of hydrogen-bond donors (Lipinski definition) is 1. The van der Waals surface area contributed by atoms with E-state index in [9.17, 15) is 9.90 Å². The molecule has 0 aromatic carbocycles. The van der Waals surface area contributed by atoms with Gasteiger partial charge in [-0.05, 0) is 13.3 Å². The molecule has 10 nitrogen and oxygen atoms in total. The number of ether oxygens (including phenoxy) is 8. The molecule has 4 atom stereocenters. The van der Waals surface area contributed by atoms with Gasteiger partial charge in [0.15, 0.2) is 0 Å². The van der Waals surface area contributed by atoms with Crippen LogP contribution in [0.1, 0.15) is 117 Å². The van der Waals surface area contributed by atoms with Crippen LogP contribution < -0.4 is 0 Å². The Bertz CT molecular complexity index is 609. The van der Waals surface area contributed by atoms with Crippen molar-refractivity contribution in [2.45, 2.75) is 141 Å². The molecule has 1 N–H and O–H groups in total. The molecule has 0 saturated carbocycles. The lowest BCUT2D eigenvalue weighted by Gasteiger charge is -2.33. The standard InChI is InChI=1S/C35H70O10/c1-6-7-8-9-10-11-12-13-14-15-16-17-18-19-20-21-33(36)44-29-25-41-30-32(43-27-23-39-4)34(37)35(45-28-24-40-5)31(2)42-26-22-38-3/h31-32,34-35,37H,6-30H2,1-5H3. The van der Waals surface area contributed by atoms with Crippen molar-refractivity contribution < 1.29 is 47.8 Å². The second kappa shape index (κ2) is 34.5. The predicted octanol–water partition coefficient (Wildman–Crippen LogP) is 6.28. The van der Waals surface area contributed by atoms with E-state index in [4.69, 9.17) is 37.9 Å². The summed E-state index contributed by atoms with van der Waals surface area (Å²) in [5, 5.41) is 11.2. The van der Waals surface area contributed by atoms with E-state index < -0.39 is 24.4 Å². The Kier molecular flexibility index (Phi) is 33.8. The largest absolute Gasteiger partial charge is 0.463 e. The van der Waals surface area contributed by atoms with Crippen LogP contribution in [0.15, 0.2) is 0 Å². The lowest BCUT2D eigenvalue weighted by Crippen LogP contribution is -2.49. The van der Waals surface area contributed by atoms with Crippen molar-refractivity contribution in [3.05, 3.63) is 0 Å². The van der Waals surface area contributed by atoms with E-state index in [2.05, 4.69) is 6.92 Å². The van der Waals surface area contributed by atoms with E-state index in [0.717, 1.165) is 12.8 Å². The Hall–Kier alpha value is -0.850. The molecule has 0 fully saturated rings. The van der Waals surface area contributed by atoms with Gasteiger partial charge in [-0.1, -0.05) is 96.8 Å². The summed E-state index contributed by atoms with van der Waals surface area (Å²) in [5.74, 6) is -0.199. The van der Waals surface area contributed by atoms with Crippen LogP contribution in [-0.4, -0.2) is 116 Å². The predicted molar refractivity (Wildman–Crippen MR) is 178 cm³/mol. The highest BCUT2D eigenvalue weighted by atomic mass is 16.6. The number of hydrogen-bond acceptors (Lipinski definition) is 10. The van der Waals surface area contributed by atoms with Gasteiger partial charge in [0.1, 0.15) is 24.9 Å². The number of aliphatic hydroxyl groups excluding tert-OH is 1. The van der Waals surface area contributed by atoms with Crippen LogP contribution in [-0.2, 0) is 42.7 Å². The Morgan fingerprint density at radius 3 is 1.56 bits per heavy atom. The van der Waals surface area contributed by atoms with Gasteiger partial charge in [0.05, 0.1) is 59.0 Å². The van der Waals surface area contributed by atoms with E-state index in [1.807, 2.05) is 6.92 Å². The number of unbranched alkanes of at least 4 members (excludes halogenated alkanes) is 14. The molecule has 0 rings (SSSR count). The second-order valence-electron chi connectivity index (χ2n) is 11.8. The number of carbonyl (C=O) groups excluding carboxylic acids is 1. The third-order valence-electron chi connectivity index (χ3n) is 7.82. The van der Waals surface area contributed by atoms with E-state index in [0.29, 0.717) is 32.8 Å². The molecule has 270 valence electrons. The van der Waals surface area contributed by atoms with Crippen molar-refractivity contribution in [3.8, 4) is 0 Å². The summed E-state index contributed by atoms with van der Waals surface area (Å²) in [6.45, 7) is 6.67. The molecule has 0 radical (unpaired) electrons. The summed E-state index contributed by atoms with van der Waals surface area (Å²) in [4.78, 5) is 12.1. The van der Waals surface area contributed by atoms with Gasteiger partial charge in [-0.3, -0.25) is 4.79 Å². The fraction of sp³-hybridized carbons (Fsp3) is 0.971. The van der Waals surface area contributed by atoms with Crippen LogP contribution in [0.25, 0.3) is 0 Å². The lowest BCUT2D eigenvalue weighted by molar-refractivity contribution is -0.175. The topological polar surface area (TPSA) is 111 Å². The first-order chi connectivity index (χ1) is 22.0. The van der Waals surface area contributed by atoms with Crippen LogP contribution in [0, 0.1) is 0 Å². The minimum atomic E-state index is -1.04. The number of aliphatic hydroxyl groups is 1. The van der Waals surface area contributed by atoms with Crippen molar-refractivity contribution in [3.63, 3.8) is 0 Å². The smallest absolute Gasteiger partial charge is 0.305 e. The van der Waals surface area contributed by atoms with Gasteiger partial charge < -0.3 is 43.0 Å².